The third-order valence-electron chi connectivity index (χ3n) is 4.61. The highest BCUT2D eigenvalue weighted by atomic mass is 79.9. The molecule has 0 spiro atoms. The molecule has 0 radical (unpaired) electrons. The molecule has 1 saturated heterocycles. The van der Waals surface area contributed by atoms with Gasteiger partial charge in [0.2, 0.25) is 5.91 Å². The predicted octanol–water partition coefficient (Wildman–Crippen LogP) is 5.02. The van der Waals surface area contributed by atoms with Crippen LogP contribution in [0.4, 0.5) is 0 Å². The number of carbonyl (C=O) groups is 1. The molecule has 1 heterocycles. The minimum atomic E-state index is -0.141. The van der Waals surface area contributed by atoms with E-state index < -0.39 is 0 Å². The first-order chi connectivity index (χ1) is 11.6. The fourth-order valence-corrected chi connectivity index (χ4v) is 3.87. The molecule has 24 heavy (non-hydrogen) atoms. The molecule has 3 nitrogen and oxygen atoms in total. The average molecular weight is 451 g/mol. The minimum absolute atomic E-state index is 0.0759. The average Bonchev–Trinajstić information content (AvgIpc) is 3.41. The second-order valence-electron chi connectivity index (χ2n) is 6.31. The summed E-state index contributed by atoms with van der Waals surface area (Å²) in [5.74, 6) is 0.0961. The molecular formula is C19H17Br2NO2. The lowest BCUT2D eigenvalue weighted by Gasteiger charge is -2.42. The maximum atomic E-state index is 12.5. The SMILES string of the molecule is O=C1CO[C@@H](c2ccc(Br)cc2)[C@@H](c2ccc(Br)cc2)N1C1CC1. The fraction of sp³-hybridized carbons (Fsp3) is 0.316. The molecule has 1 saturated carbocycles. The van der Waals surface area contributed by atoms with Gasteiger partial charge >= 0.3 is 0 Å². The van der Waals surface area contributed by atoms with Crippen LogP contribution in [0.3, 0.4) is 0 Å². The molecule has 0 N–H and O–H groups in total. The van der Waals surface area contributed by atoms with Gasteiger partial charge in [-0.2, -0.15) is 0 Å². The molecule has 5 heteroatoms. The van der Waals surface area contributed by atoms with Crippen molar-refractivity contribution in [3.63, 3.8) is 0 Å². The van der Waals surface area contributed by atoms with Gasteiger partial charge in [-0.05, 0) is 48.2 Å². The molecular weight excluding hydrogens is 434 g/mol. The number of benzene rings is 2. The van der Waals surface area contributed by atoms with E-state index in [9.17, 15) is 4.79 Å². The van der Waals surface area contributed by atoms with Crippen molar-refractivity contribution >= 4 is 37.8 Å². The smallest absolute Gasteiger partial charge is 0.249 e. The van der Waals surface area contributed by atoms with E-state index >= 15 is 0 Å². The standard InChI is InChI=1S/C19H17Br2NO2/c20-14-5-1-12(2-6-14)18-19(13-3-7-15(21)8-4-13)24-11-17(23)22(18)16-9-10-16/h1-8,16,18-19H,9-11H2/t18-,19+/m1/s1. The van der Waals surface area contributed by atoms with Crippen LogP contribution in [0.15, 0.2) is 57.5 Å². The molecule has 124 valence electrons. The largest absolute Gasteiger partial charge is 0.361 e. The van der Waals surface area contributed by atoms with Crippen molar-refractivity contribution in [3.05, 3.63) is 68.6 Å². The number of amides is 1. The molecule has 2 fully saturated rings. The van der Waals surface area contributed by atoms with Gasteiger partial charge in [-0.15, -0.1) is 0 Å². The predicted molar refractivity (Wildman–Crippen MR) is 99.6 cm³/mol. The highest BCUT2D eigenvalue weighted by molar-refractivity contribution is 9.10. The summed E-state index contributed by atoms with van der Waals surface area (Å²) in [6.07, 6.45) is 2.04. The molecule has 0 unspecified atom stereocenters. The first-order valence-corrected chi connectivity index (χ1v) is 9.66. The number of carbonyl (C=O) groups excluding carboxylic acids is 1. The van der Waals surface area contributed by atoms with Crippen molar-refractivity contribution in [2.24, 2.45) is 0 Å². The van der Waals surface area contributed by atoms with E-state index in [0.717, 1.165) is 32.9 Å². The van der Waals surface area contributed by atoms with Crippen molar-refractivity contribution in [3.8, 4) is 0 Å². The van der Waals surface area contributed by atoms with Crippen molar-refractivity contribution < 1.29 is 9.53 Å². The summed E-state index contributed by atoms with van der Waals surface area (Å²) in [7, 11) is 0. The van der Waals surface area contributed by atoms with Crippen LogP contribution in [-0.4, -0.2) is 23.5 Å². The van der Waals surface area contributed by atoms with Crippen LogP contribution in [-0.2, 0) is 9.53 Å². The number of morpholine rings is 1. The quantitative estimate of drug-likeness (QED) is 0.657. The zero-order valence-electron chi connectivity index (χ0n) is 13.0. The lowest BCUT2D eigenvalue weighted by molar-refractivity contribution is -0.159. The molecule has 2 atom stereocenters. The van der Waals surface area contributed by atoms with Crippen molar-refractivity contribution in [1.29, 1.82) is 0 Å². The van der Waals surface area contributed by atoms with E-state index in [0.29, 0.717) is 6.04 Å². The zero-order valence-corrected chi connectivity index (χ0v) is 16.2. The third kappa shape index (κ3) is 3.17. The number of halogens is 2. The molecule has 2 aliphatic rings. The Balaban J connectivity index is 1.76. The van der Waals surface area contributed by atoms with Crippen LogP contribution in [0.1, 0.15) is 36.1 Å². The van der Waals surface area contributed by atoms with Crippen molar-refractivity contribution in [2.75, 3.05) is 6.61 Å². The Kier molecular flexibility index (Phi) is 4.50. The molecule has 1 aliphatic carbocycles. The number of hydrogen-bond donors (Lipinski definition) is 0. The summed E-state index contributed by atoms with van der Waals surface area (Å²) in [6, 6.07) is 16.7. The van der Waals surface area contributed by atoms with Gasteiger partial charge in [0.15, 0.2) is 0 Å². The summed E-state index contributed by atoms with van der Waals surface area (Å²) >= 11 is 6.97. The molecule has 1 aliphatic heterocycles. The molecule has 4 rings (SSSR count). The fourth-order valence-electron chi connectivity index (χ4n) is 3.34. The van der Waals surface area contributed by atoms with Gasteiger partial charge in [0.1, 0.15) is 12.7 Å². The van der Waals surface area contributed by atoms with Gasteiger partial charge in [-0.1, -0.05) is 56.1 Å². The molecule has 0 aromatic heterocycles. The first-order valence-electron chi connectivity index (χ1n) is 8.07. The van der Waals surface area contributed by atoms with Gasteiger partial charge in [0.05, 0.1) is 6.04 Å². The molecule has 2 aromatic rings. The number of nitrogens with zero attached hydrogens (tertiary/aromatic N) is 1. The van der Waals surface area contributed by atoms with Gasteiger partial charge < -0.3 is 9.64 Å². The monoisotopic (exact) mass is 449 g/mol. The normalized spacial score (nSPS) is 24.2. The summed E-state index contributed by atoms with van der Waals surface area (Å²) in [6.45, 7) is 0.157. The van der Waals surface area contributed by atoms with Crippen molar-refractivity contribution in [1.82, 2.24) is 4.90 Å². The minimum Gasteiger partial charge on any atom is -0.361 e. The van der Waals surface area contributed by atoms with Crippen LogP contribution in [0.2, 0.25) is 0 Å². The van der Waals surface area contributed by atoms with E-state index in [4.69, 9.17) is 4.74 Å². The first kappa shape index (κ1) is 16.3. The van der Waals surface area contributed by atoms with Crippen LogP contribution in [0.25, 0.3) is 0 Å². The number of ether oxygens (including phenoxy) is 1. The number of rotatable bonds is 3. The lowest BCUT2D eigenvalue weighted by atomic mass is 9.92. The van der Waals surface area contributed by atoms with E-state index in [-0.39, 0.29) is 24.7 Å². The zero-order chi connectivity index (χ0) is 16.7. The second-order valence-corrected chi connectivity index (χ2v) is 8.14. The highest BCUT2D eigenvalue weighted by Gasteiger charge is 2.45. The molecule has 1 amide bonds. The Hall–Kier alpha value is -1.17. The van der Waals surface area contributed by atoms with Gasteiger partial charge in [-0.25, -0.2) is 0 Å². The third-order valence-corrected chi connectivity index (χ3v) is 5.67. The Morgan fingerprint density at radius 2 is 1.42 bits per heavy atom. The second kappa shape index (κ2) is 6.62. The molecule has 2 aromatic carbocycles. The van der Waals surface area contributed by atoms with Crippen LogP contribution < -0.4 is 0 Å². The Bertz CT molecular complexity index is 741. The molecule has 0 bridgehead atoms. The highest BCUT2D eigenvalue weighted by Crippen LogP contribution is 2.45. The van der Waals surface area contributed by atoms with Crippen molar-refractivity contribution in [2.45, 2.75) is 31.0 Å². The number of hydrogen-bond acceptors (Lipinski definition) is 2. The van der Waals surface area contributed by atoms with Gasteiger partial charge in [0.25, 0.3) is 0 Å². The Morgan fingerprint density at radius 3 is 1.96 bits per heavy atom. The van der Waals surface area contributed by atoms with Crippen LogP contribution >= 0.6 is 31.9 Å². The summed E-state index contributed by atoms with van der Waals surface area (Å²) in [5.41, 5.74) is 2.22. The maximum absolute atomic E-state index is 12.5. The van der Waals surface area contributed by atoms with E-state index in [2.05, 4.69) is 61.0 Å². The van der Waals surface area contributed by atoms with E-state index in [1.165, 1.54) is 0 Å². The maximum Gasteiger partial charge on any atom is 0.249 e. The van der Waals surface area contributed by atoms with Crippen LogP contribution in [0.5, 0.6) is 0 Å². The lowest BCUT2D eigenvalue weighted by Crippen LogP contribution is -2.46. The van der Waals surface area contributed by atoms with E-state index in [1.54, 1.807) is 0 Å². The Morgan fingerprint density at radius 1 is 0.875 bits per heavy atom. The van der Waals surface area contributed by atoms with Crippen LogP contribution in [0, 0.1) is 0 Å². The summed E-state index contributed by atoms with van der Waals surface area (Å²) < 4.78 is 8.08. The Labute approximate surface area is 158 Å². The summed E-state index contributed by atoms with van der Waals surface area (Å²) in [4.78, 5) is 14.6. The van der Waals surface area contributed by atoms with Gasteiger partial charge in [0, 0.05) is 15.0 Å². The van der Waals surface area contributed by atoms with E-state index in [1.807, 2.05) is 24.3 Å². The topological polar surface area (TPSA) is 29.5 Å². The van der Waals surface area contributed by atoms with Gasteiger partial charge in [-0.3, -0.25) is 4.79 Å². The summed E-state index contributed by atoms with van der Waals surface area (Å²) in [5, 5.41) is 0.